The maximum atomic E-state index is 5.45. The molecule has 1 heterocycles. The van der Waals surface area contributed by atoms with Crippen molar-refractivity contribution < 1.29 is 13.9 Å². The first-order valence-corrected chi connectivity index (χ1v) is 5.01. The van der Waals surface area contributed by atoms with E-state index in [4.69, 9.17) is 13.9 Å². The van der Waals surface area contributed by atoms with Gasteiger partial charge < -0.3 is 19.2 Å². The van der Waals surface area contributed by atoms with Crippen molar-refractivity contribution in [2.75, 3.05) is 33.9 Å². The SMILES string of the molecule is CNCCc1ncc(COCCOC)o1. The molecule has 1 N–H and O–H groups in total. The van der Waals surface area contributed by atoms with E-state index in [1.165, 1.54) is 0 Å². The average Bonchev–Trinajstić information content (AvgIpc) is 2.69. The highest BCUT2D eigenvalue weighted by Gasteiger charge is 2.02. The van der Waals surface area contributed by atoms with E-state index in [1.54, 1.807) is 13.3 Å². The number of likely N-dealkylation sites (N-methyl/N-ethyl adjacent to an activating group) is 1. The van der Waals surface area contributed by atoms with Gasteiger partial charge in [0.2, 0.25) is 0 Å². The molecule has 0 radical (unpaired) electrons. The summed E-state index contributed by atoms with van der Waals surface area (Å²) in [4.78, 5) is 4.13. The fourth-order valence-electron chi connectivity index (χ4n) is 1.08. The topological polar surface area (TPSA) is 56.5 Å². The van der Waals surface area contributed by atoms with Crippen LogP contribution in [0.15, 0.2) is 10.6 Å². The number of nitrogens with zero attached hydrogens (tertiary/aromatic N) is 1. The first-order valence-electron chi connectivity index (χ1n) is 5.01. The Bertz CT molecular complexity index is 263. The van der Waals surface area contributed by atoms with Crippen LogP contribution in [0, 0.1) is 0 Å². The molecular weight excluding hydrogens is 196 g/mol. The molecule has 0 atom stereocenters. The van der Waals surface area contributed by atoms with Gasteiger partial charge in [0.15, 0.2) is 5.89 Å². The second-order valence-electron chi connectivity index (χ2n) is 3.12. The van der Waals surface area contributed by atoms with E-state index in [0.29, 0.717) is 19.8 Å². The highest BCUT2D eigenvalue weighted by atomic mass is 16.5. The molecule has 15 heavy (non-hydrogen) atoms. The van der Waals surface area contributed by atoms with E-state index in [-0.39, 0.29) is 0 Å². The van der Waals surface area contributed by atoms with Gasteiger partial charge in [-0.2, -0.15) is 0 Å². The summed E-state index contributed by atoms with van der Waals surface area (Å²) < 4.78 is 15.6. The number of nitrogens with one attached hydrogen (secondary N) is 1. The van der Waals surface area contributed by atoms with Crippen molar-refractivity contribution in [2.24, 2.45) is 0 Å². The average molecular weight is 214 g/mol. The van der Waals surface area contributed by atoms with E-state index in [0.717, 1.165) is 24.6 Å². The third-order valence-electron chi connectivity index (χ3n) is 1.87. The molecule has 5 heteroatoms. The van der Waals surface area contributed by atoms with Crippen molar-refractivity contribution in [2.45, 2.75) is 13.0 Å². The van der Waals surface area contributed by atoms with Crippen LogP contribution in [-0.2, 0) is 22.5 Å². The molecule has 0 spiro atoms. The minimum Gasteiger partial charge on any atom is -0.443 e. The molecule has 0 saturated carbocycles. The Hall–Kier alpha value is -0.910. The summed E-state index contributed by atoms with van der Waals surface area (Å²) in [5.41, 5.74) is 0. The highest BCUT2D eigenvalue weighted by Crippen LogP contribution is 2.05. The maximum Gasteiger partial charge on any atom is 0.195 e. The van der Waals surface area contributed by atoms with Gasteiger partial charge in [-0.1, -0.05) is 0 Å². The molecule has 1 aromatic rings. The van der Waals surface area contributed by atoms with Crippen molar-refractivity contribution in [1.29, 1.82) is 0 Å². The quantitative estimate of drug-likeness (QED) is 0.642. The third-order valence-corrected chi connectivity index (χ3v) is 1.87. The number of ether oxygens (including phenoxy) is 2. The molecule has 0 aliphatic carbocycles. The minimum absolute atomic E-state index is 0.454. The van der Waals surface area contributed by atoms with Crippen LogP contribution in [0.4, 0.5) is 0 Å². The zero-order valence-electron chi connectivity index (χ0n) is 9.28. The number of oxazole rings is 1. The number of hydrogen-bond donors (Lipinski definition) is 1. The van der Waals surface area contributed by atoms with Crippen LogP contribution in [0.2, 0.25) is 0 Å². The number of methoxy groups -OCH3 is 1. The fraction of sp³-hybridized carbons (Fsp3) is 0.700. The Labute approximate surface area is 89.8 Å². The smallest absolute Gasteiger partial charge is 0.195 e. The maximum absolute atomic E-state index is 5.45. The van der Waals surface area contributed by atoms with Gasteiger partial charge >= 0.3 is 0 Å². The molecule has 86 valence electrons. The van der Waals surface area contributed by atoms with Crippen molar-refractivity contribution in [1.82, 2.24) is 10.3 Å². The summed E-state index contributed by atoms with van der Waals surface area (Å²) in [6.45, 7) is 2.49. The molecule has 0 saturated heterocycles. The van der Waals surface area contributed by atoms with Crippen LogP contribution >= 0.6 is 0 Å². The monoisotopic (exact) mass is 214 g/mol. The fourth-order valence-corrected chi connectivity index (χ4v) is 1.08. The predicted molar refractivity (Wildman–Crippen MR) is 55.7 cm³/mol. The van der Waals surface area contributed by atoms with Gasteiger partial charge in [0.05, 0.1) is 19.4 Å². The van der Waals surface area contributed by atoms with Crippen LogP contribution in [-0.4, -0.2) is 38.9 Å². The van der Waals surface area contributed by atoms with E-state index >= 15 is 0 Å². The molecule has 1 rings (SSSR count). The van der Waals surface area contributed by atoms with Crippen LogP contribution in [0.3, 0.4) is 0 Å². The van der Waals surface area contributed by atoms with E-state index in [2.05, 4.69) is 10.3 Å². The van der Waals surface area contributed by atoms with Crippen LogP contribution < -0.4 is 5.32 Å². The van der Waals surface area contributed by atoms with E-state index in [1.807, 2.05) is 7.05 Å². The number of hydrogen-bond acceptors (Lipinski definition) is 5. The Balaban J connectivity index is 2.20. The van der Waals surface area contributed by atoms with E-state index < -0.39 is 0 Å². The Morgan fingerprint density at radius 2 is 2.33 bits per heavy atom. The molecule has 0 aliphatic rings. The summed E-state index contributed by atoms with van der Waals surface area (Å²) in [6.07, 6.45) is 2.51. The van der Waals surface area contributed by atoms with Crippen molar-refractivity contribution >= 4 is 0 Å². The van der Waals surface area contributed by atoms with Gasteiger partial charge in [-0.05, 0) is 7.05 Å². The lowest BCUT2D eigenvalue weighted by Gasteiger charge is -1.99. The lowest BCUT2D eigenvalue weighted by Crippen LogP contribution is -2.10. The molecule has 0 aromatic carbocycles. The summed E-state index contributed by atoms with van der Waals surface area (Å²) in [6, 6.07) is 0. The highest BCUT2D eigenvalue weighted by molar-refractivity contribution is 4.92. The number of aromatic nitrogens is 1. The second kappa shape index (κ2) is 7.39. The Kier molecular flexibility index (Phi) is 5.99. The number of rotatable bonds is 8. The molecule has 1 aromatic heterocycles. The minimum atomic E-state index is 0.454. The predicted octanol–water partition coefficient (Wildman–Crippen LogP) is 0.599. The first kappa shape index (κ1) is 12.2. The third kappa shape index (κ3) is 4.92. The summed E-state index contributed by atoms with van der Waals surface area (Å²) in [5, 5.41) is 3.04. The normalized spacial score (nSPS) is 10.8. The lowest BCUT2D eigenvalue weighted by molar-refractivity contribution is 0.0534. The van der Waals surface area contributed by atoms with Gasteiger partial charge in [0.25, 0.3) is 0 Å². The molecule has 0 fully saturated rings. The lowest BCUT2D eigenvalue weighted by atomic mass is 10.4. The zero-order chi connectivity index (χ0) is 10.9. The molecule has 0 bridgehead atoms. The van der Waals surface area contributed by atoms with Gasteiger partial charge in [-0.15, -0.1) is 0 Å². The molecule has 0 aliphatic heterocycles. The molecule has 0 unspecified atom stereocenters. The van der Waals surface area contributed by atoms with Gasteiger partial charge in [-0.3, -0.25) is 0 Å². The van der Waals surface area contributed by atoms with Crippen LogP contribution in [0.1, 0.15) is 11.7 Å². The van der Waals surface area contributed by atoms with Crippen molar-refractivity contribution in [3.05, 3.63) is 17.8 Å². The van der Waals surface area contributed by atoms with Gasteiger partial charge in [0.1, 0.15) is 12.4 Å². The molecule has 0 amide bonds. The summed E-state index contributed by atoms with van der Waals surface area (Å²) in [5.74, 6) is 1.51. The first-order chi connectivity index (χ1) is 7.36. The summed E-state index contributed by atoms with van der Waals surface area (Å²) in [7, 11) is 3.55. The van der Waals surface area contributed by atoms with Crippen molar-refractivity contribution in [3.8, 4) is 0 Å². The largest absolute Gasteiger partial charge is 0.443 e. The zero-order valence-corrected chi connectivity index (χ0v) is 9.28. The molecule has 5 nitrogen and oxygen atoms in total. The van der Waals surface area contributed by atoms with Crippen LogP contribution in [0.25, 0.3) is 0 Å². The van der Waals surface area contributed by atoms with Crippen LogP contribution in [0.5, 0.6) is 0 Å². The van der Waals surface area contributed by atoms with Crippen molar-refractivity contribution in [3.63, 3.8) is 0 Å². The standard InChI is InChI=1S/C10H18N2O3/c1-11-4-3-10-12-7-9(15-10)8-14-6-5-13-2/h7,11H,3-6,8H2,1-2H3. The second-order valence-corrected chi connectivity index (χ2v) is 3.12. The molecular formula is C10H18N2O3. The van der Waals surface area contributed by atoms with Gasteiger partial charge in [0, 0.05) is 20.1 Å². The Morgan fingerprint density at radius 3 is 3.07 bits per heavy atom. The Morgan fingerprint density at radius 1 is 1.47 bits per heavy atom. The van der Waals surface area contributed by atoms with Gasteiger partial charge in [-0.25, -0.2) is 4.98 Å². The summed E-state index contributed by atoms with van der Waals surface area (Å²) >= 11 is 0. The van der Waals surface area contributed by atoms with E-state index in [9.17, 15) is 0 Å².